The summed E-state index contributed by atoms with van der Waals surface area (Å²) in [5, 5.41) is 0. The molecule has 1 spiro atoms. The number of halogens is 1. The Morgan fingerprint density at radius 2 is 2.06 bits per heavy atom. The largest absolute Gasteiger partial charge is 0.346 e. The fraction of sp³-hybridized carbons (Fsp3) is 0.917. The number of carbonyl (C=O) groups is 1. The highest BCUT2D eigenvalue weighted by molar-refractivity contribution is 6.17. The number of carbonyl (C=O) groups excluding carboxylic acids is 1. The van der Waals surface area contributed by atoms with Gasteiger partial charge in [0.25, 0.3) is 0 Å². The number of rotatable bonds is 4. The van der Waals surface area contributed by atoms with E-state index in [1.54, 1.807) is 0 Å². The van der Waals surface area contributed by atoms with Gasteiger partial charge in [0, 0.05) is 25.3 Å². The Morgan fingerprint density at radius 3 is 2.76 bits per heavy atom. The molecule has 98 valence electrons. The zero-order valence-corrected chi connectivity index (χ0v) is 10.9. The highest BCUT2D eigenvalue weighted by Crippen LogP contribution is 2.30. The summed E-state index contributed by atoms with van der Waals surface area (Å²) in [6, 6.07) is 0. The van der Waals surface area contributed by atoms with Crippen LogP contribution in [0, 0.1) is 0 Å². The molecule has 4 nitrogen and oxygen atoms in total. The van der Waals surface area contributed by atoms with Gasteiger partial charge >= 0.3 is 0 Å². The smallest absolute Gasteiger partial charge is 0.222 e. The minimum absolute atomic E-state index is 0.202. The molecular formula is C12H20ClNO3. The SMILES string of the molecule is O=C(CCCCCl)N1CCCC2(C1)OCCO2. The van der Waals surface area contributed by atoms with Crippen molar-refractivity contribution in [3.05, 3.63) is 0 Å². The topological polar surface area (TPSA) is 38.8 Å². The van der Waals surface area contributed by atoms with Gasteiger partial charge in [-0.25, -0.2) is 0 Å². The fourth-order valence-electron chi connectivity index (χ4n) is 2.46. The Kier molecular flexibility index (Phi) is 4.65. The summed E-state index contributed by atoms with van der Waals surface area (Å²) in [5.74, 6) is 0.331. The van der Waals surface area contributed by atoms with Gasteiger partial charge < -0.3 is 14.4 Å². The molecule has 0 aliphatic carbocycles. The molecule has 2 rings (SSSR count). The van der Waals surface area contributed by atoms with E-state index < -0.39 is 5.79 Å². The lowest BCUT2D eigenvalue weighted by molar-refractivity contribution is -0.193. The Labute approximate surface area is 107 Å². The second-order valence-electron chi connectivity index (χ2n) is 4.67. The lowest BCUT2D eigenvalue weighted by Crippen LogP contribution is -2.51. The number of ether oxygens (including phenoxy) is 2. The van der Waals surface area contributed by atoms with Crippen molar-refractivity contribution in [2.75, 3.05) is 32.2 Å². The first-order valence-electron chi connectivity index (χ1n) is 6.37. The molecular weight excluding hydrogens is 242 g/mol. The fourth-order valence-corrected chi connectivity index (χ4v) is 2.65. The van der Waals surface area contributed by atoms with Gasteiger partial charge in [-0.15, -0.1) is 11.6 Å². The lowest BCUT2D eigenvalue weighted by Gasteiger charge is -2.38. The quantitative estimate of drug-likeness (QED) is 0.572. The first-order chi connectivity index (χ1) is 8.26. The highest BCUT2D eigenvalue weighted by Gasteiger charge is 2.41. The van der Waals surface area contributed by atoms with Crippen molar-refractivity contribution in [3.8, 4) is 0 Å². The maximum Gasteiger partial charge on any atom is 0.222 e. The van der Waals surface area contributed by atoms with E-state index in [0.29, 0.717) is 32.1 Å². The molecule has 0 N–H and O–H groups in total. The summed E-state index contributed by atoms with van der Waals surface area (Å²) in [6.07, 6.45) is 4.22. The van der Waals surface area contributed by atoms with Crippen LogP contribution in [0.15, 0.2) is 0 Å². The van der Waals surface area contributed by atoms with Crippen LogP contribution in [-0.2, 0) is 14.3 Å². The summed E-state index contributed by atoms with van der Waals surface area (Å²) in [6.45, 7) is 2.71. The van der Waals surface area contributed by atoms with Crippen LogP contribution in [0.1, 0.15) is 32.1 Å². The molecule has 0 radical (unpaired) electrons. The molecule has 0 aromatic rings. The van der Waals surface area contributed by atoms with Gasteiger partial charge in [-0.1, -0.05) is 0 Å². The monoisotopic (exact) mass is 261 g/mol. The van der Waals surface area contributed by atoms with Crippen LogP contribution in [-0.4, -0.2) is 48.8 Å². The molecule has 2 heterocycles. The van der Waals surface area contributed by atoms with Crippen molar-refractivity contribution in [2.45, 2.75) is 37.9 Å². The van der Waals surface area contributed by atoms with Crippen LogP contribution in [0.25, 0.3) is 0 Å². The van der Waals surface area contributed by atoms with Crippen molar-refractivity contribution >= 4 is 17.5 Å². The molecule has 2 aliphatic rings. The molecule has 0 atom stereocenters. The molecule has 2 aliphatic heterocycles. The van der Waals surface area contributed by atoms with Gasteiger partial charge in [0.2, 0.25) is 5.91 Å². The molecule has 0 bridgehead atoms. The van der Waals surface area contributed by atoms with Gasteiger partial charge in [-0.05, 0) is 19.3 Å². The Hall–Kier alpha value is -0.320. The average Bonchev–Trinajstić information content (AvgIpc) is 2.77. The second kappa shape index (κ2) is 6.03. The standard InChI is InChI=1S/C12H20ClNO3/c13-6-2-1-4-11(15)14-7-3-5-12(10-14)16-8-9-17-12/h1-10H2. The van der Waals surface area contributed by atoms with Crippen LogP contribution < -0.4 is 0 Å². The van der Waals surface area contributed by atoms with Crippen LogP contribution in [0.5, 0.6) is 0 Å². The number of amides is 1. The van der Waals surface area contributed by atoms with Crippen molar-refractivity contribution in [1.29, 1.82) is 0 Å². The predicted octanol–water partition coefficient (Wildman–Crippen LogP) is 1.76. The van der Waals surface area contributed by atoms with Crippen LogP contribution in [0.2, 0.25) is 0 Å². The van der Waals surface area contributed by atoms with Crippen LogP contribution in [0.3, 0.4) is 0 Å². The van der Waals surface area contributed by atoms with Crippen molar-refractivity contribution in [3.63, 3.8) is 0 Å². The molecule has 0 aromatic heterocycles. The van der Waals surface area contributed by atoms with Gasteiger partial charge in [0.15, 0.2) is 5.79 Å². The first kappa shape index (κ1) is 13.1. The number of alkyl halides is 1. The molecule has 1 amide bonds. The highest BCUT2D eigenvalue weighted by atomic mass is 35.5. The van der Waals surface area contributed by atoms with E-state index in [4.69, 9.17) is 21.1 Å². The van der Waals surface area contributed by atoms with E-state index in [-0.39, 0.29) is 5.91 Å². The van der Waals surface area contributed by atoms with Gasteiger partial charge in [-0.2, -0.15) is 0 Å². The van der Waals surface area contributed by atoms with E-state index in [1.807, 2.05) is 4.90 Å². The molecule has 5 heteroatoms. The zero-order valence-electron chi connectivity index (χ0n) is 10.1. The number of hydrogen-bond acceptors (Lipinski definition) is 3. The van der Waals surface area contributed by atoms with E-state index in [0.717, 1.165) is 32.2 Å². The molecule has 2 saturated heterocycles. The number of hydrogen-bond donors (Lipinski definition) is 0. The third-order valence-corrected chi connectivity index (χ3v) is 3.63. The summed E-state index contributed by atoms with van der Waals surface area (Å²) >= 11 is 5.60. The predicted molar refractivity (Wildman–Crippen MR) is 65.0 cm³/mol. The average molecular weight is 262 g/mol. The number of nitrogens with zero attached hydrogens (tertiary/aromatic N) is 1. The van der Waals surface area contributed by atoms with E-state index in [9.17, 15) is 4.79 Å². The zero-order chi connectivity index (χ0) is 12.1. The summed E-state index contributed by atoms with van der Waals surface area (Å²) in [7, 11) is 0. The van der Waals surface area contributed by atoms with Gasteiger partial charge in [0.1, 0.15) is 0 Å². The van der Waals surface area contributed by atoms with E-state index in [2.05, 4.69) is 0 Å². The minimum atomic E-state index is -0.500. The van der Waals surface area contributed by atoms with Gasteiger partial charge in [0.05, 0.1) is 19.8 Å². The Morgan fingerprint density at radius 1 is 1.29 bits per heavy atom. The third kappa shape index (κ3) is 3.33. The second-order valence-corrected chi connectivity index (χ2v) is 5.05. The number of unbranched alkanes of at least 4 members (excludes halogenated alkanes) is 1. The Bertz CT molecular complexity index is 266. The normalized spacial score (nSPS) is 23.2. The van der Waals surface area contributed by atoms with Crippen molar-refractivity contribution in [1.82, 2.24) is 4.90 Å². The van der Waals surface area contributed by atoms with Crippen LogP contribution >= 0.6 is 11.6 Å². The molecule has 2 fully saturated rings. The maximum absolute atomic E-state index is 12.0. The lowest BCUT2D eigenvalue weighted by atomic mass is 10.0. The Balaban J connectivity index is 1.82. The van der Waals surface area contributed by atoms with Crippen molar-refractivity contribution in [2.24, 2.45) is 0 Å². The van der Waals surface area contributed by atoms with Crippen molar-refractivity contribution < 1.29 is 14.3 Å². The number of likely N-dealkylation sites (tertiary alicyclic amines) is 1. The third-order valence-electron chi connectivity index (χ3n) is 3.36. The van der Waals surface area contributed by atoms with Gasteiger partial charge in [-0.3, -0.25) is 4.79 Å². The van der Waals surface area contributed by atoms with Crippen LogP contribution in [0.4, 0.5) is 0 Å². The van der Waals surface area contributed by atoms with E-state index >= 15 is 0 Å². The maximum atomic E-state index is 12.0. The summed E-state index contributed by atoms with van der Waals surface area (Å²) < 4.78 is 11.3. The molecule has 0 aromatic carbocycles. The van der Waals surface area contributed by atoms with E-state index in [1.165, 1.54) is 0 Å². The molecule has 0 unspecified atom stereocenters. The number of piperidine rings is 1. The minimum Gasteiger partial charge on any atom is -0.346 e. The molecule has 17 heavy (non-hydrogen) atoms. The molecule has 0 saturated carbocycles. The first-order valence-corrected chi connectivity index (χ1v) is 6.91. The summed E-state index contributed by atoms with van der Waals surface area (Å²) in [4.78, 5) is 13.9. The summed E-state index contributed by atoms with van der Waals surface area (Å²) in [5.41, 5.74) is 0.